The Balaban J connectivity index is 1.50. The summed E-state index contributed by atoms with van der Waals surface area (Å²) in [6.45, 7) is 5.17. The number of hydrogen-bond donors (Lipinski definition) is 2. The van der Waals surface area contributed by atoms with Crippen molar-refractivity contribution in [1.82, 2.24) is 15.5 Å². The number of aryl methyl sites for hydroxylation is 2. The zero-order valence-electron chi connectivity index (χ0n) is 22.7. The number of alkyl halides is 3. The van der Waals surface area contributed by atoms with Crippen molar-refractivity contribution in [3.05, 3.63) is 94.5 Å². The molecule has 1 saturated heterocycles. The van der Waals surface area contributed by atoms with Gasteiger partial charge in [0.05, 0.1) is 5.56 Å². The highest BCUT2D eigenvalue weighted by molar-refractivity contribution is 5.77. The first-order chi connectivity index (χ1) is 19.1. The van der Waals surface area contributed by atoms with Crippen LogP contribution in [0.15, 0.2) is 66.7 Å². The van der Waals surface area contributed by atoms with E-state index >= 15 is 0 Å². The summed E-state index contributed by atoms with van der Waals surface area (Å²) in [6.07, 6.45) is -3.07. The molecular weight excluding hydrogens is 519 g/mol. The molecule has 0 spiro atoms. The summed E-state index contributed by atoms with van der Waals surface area (Å²) in [4.78, 5) is 26.8. The molecule has 1 aliphatic rings. The lowest BCUT2D eigenvalue weighted by Gasteiger charge is -2.36. The van der Waals surface area contributed by atoms with E-state index in [2.05, 4.69) is 22.8 Å². The number of rotatable bonds is 9. The van der Waals surface area contributed by atoms with Crippen LogP contribution in [-0.4, -0.2) is 42.4 Å². The SMILES string of the molecule is CC(=O)NCc1cc(C(F)(F)F)ccc1Oc1cc(C)ccc1CCC(=O)N1CCNCC1Cc1ccccc1. The number of halogens is 3. The Morgan fingerprint density at radius 3 is 2.52 bits per heavy atom. The molecule has 1 heterocycles. The molecule has 4 rings (SSSR count). The molecule has 1 aliphatic heterocycles. The molecule has 0 bridgehead atoms. The van der Waals surface area contributed by atoms with E-state index in [0.29, 0.717) is 18.7 Å². The molecule has 40 heavy (non-hydrogen) atoms. The molecule has 0 aromatic heterocycles. The average molecular weight is 554 g/mol. The highest BCUT2D eigenvalue weighted by Gasteiger charge is 2.31. The van der Waals surface area contributed by atoms with E-state index < -0.39 is 11.7 Å². The third-order valence-corrected chi connectivity index (χ3v) is 6.95. The van der Waals surface area contributed by atoms with Crippen molar-refractivity contribution in [3.8, 4) is 11.5 Å². The lowest BCUT2D eigenvalue weighted by Crippen LogP contribution is -2.54. The van der Waals surface area contributed by atoms with Crippen molar-refractivity contribution in [2.75, 3.05) is 19.6 Å². The molecule has 212 valence electrons. The monoisotopic (exact) mass is 553 g/mol. The minimum Gasteiger partial charge on any atom is -0.457 e. The predicted molar refractivity (Wildman–Crippen MR) is 147 cm³/mol. The fraction of sp³-hybridized carbons (Fsp3) is 0.355. The molecule has 1 atom stereocenters. The fourth-order valence-electron chi connectivity index (χ4n) is 4.84. The second-order valence-electron chi connectivity index (χ2n) is 10.1. The first kappa shape index (κ1) is 29.1. The van der Waals surface area contributed by atoms with Crippen LogP contribution in [0.3, 0.4) is 0 Å². The van der Waals surface area contributed by atoms with E-state index in [4.69, 9.17) is 4.74 Å². The Bertz CT molecular complexity index is 1330. The maximum atomic E-state index is 13.4. The Hall–Kier alpha value is -3.85. The van der Waals surface area contributed by atoms with Gasteiger partial charge in [-0.3, -0.25) is 9.59 Å². The van der Waals surface area contributed by atoms with Crippen LogP contribution in [0.2, 0.25) is 0 Å². The summed E-state index contributed by atoms with van der Waals surface area (Å²) in [5, 5.41) is 5.93. The van der Waals surface area contributed by atoms with Crippen LogP contribution in [0.25, 0.3) is 0 Å². The first-order valence-corrected chi connectivity index (χ1v) is 13.4. The van der Waals surface area contributed by atoms with Gasteiger partial charge in [0.15, 0.2) is 0 Å². The van der Waals surface area contributed by atoms with Crippen molar-refractivity contribution in [2.45, 2.75) is 51.9 Å². The molecule has 9 heteroatoms. The van der Waals surface area contributed by atoms with Gasteiger partial charge >= 0.3 is 6.18 Å². The largest absolute Gasteiger partial charge is 0.457 e. The summed E-state index contributed by atoms with van der Waals surface area (Å²) in [5.74, 6) is 0.370. The minimum atomic E-state index is -4.53. The highest BCUT2D eigenvalue weighted by atomic mass is 19.4. The molecular formula is C31H34F3N3O3. The van der Waals surface area contributed by atoms with Crippen molar-refractivity contribution in [1.29, 1.82) is 0 Å². The summed E-state index contributed by atoms with van der Waals surface area (Å²) in [5.41, 5.74) is 2.24. The lowest BCUT2D eigenvalue weighted by atomic mass is 10.0. The normalized spacial score (nSPS) is 15.5. The Labute approximate surface area is 232 Å². The molecule has 3 aromatic carbocycles. The van der Waals surface area contributed by atoms with Crippen molar-refractivity contribution in [2.24, 2.45) is 0 Å². The van der Waals surface area contributed by atoms with Gasteiger partial charge in [-0.15, -0.1) is 0 Å². The number of ether oxygens (including phenoxy) is 1. The number of nitrogens with one attached hydrogen (secondary N) is 2. The molecule has 0 saturated carbocycles. The van der Waals surface area contributed by atoms with E-state index in [9.17, 15) is 22.8 Å². The van der Waals surface area contributed by atoms with Gasteiger partial charge in [-0.1, -0.05) is 42.5 Å². The van der Waals surface area contributed by atoms with E-state index in [0.717, 1.165) is 42.8 Å². The third kappa shape index (κ3) is 7.85. The van der Waals surface area contributed by atoms with Gasteiger partial charge in [-0.25, -0.2) is 0 Å². The van der Waals surface area contributed by atoms with Crippen LogP contribution in [0.4, 0.5) is 13.2 Å². The number of amides is 2. The number of benzene rings is 3. The summed E-state index contributed by atoms with van der Waals surface area (Å²) < 4.78 is 46.2. The Kier molecular flexibility index (Phi) is 9.47. The minimum absolute atomic E-state index is 0.0508. The first-order valence-electron chi connectivity index (χ1n) is 13.4. The van der Waals surface area contributed by atoms with Crippen molar-refractivity contribution < 1.29 is 27.5 Å². The average Bonchev–Trinajstić information content (AvgIpc) is 2.92. The van der Waals surface area contributed by atoms with E-state index in [1.807, 2.05) is 48.2 Å². The molecule has 1 unspecified atom stereocenters. The summed E-state index contributed by atoms with van der Waals surface area (Å²) >= 11 is 0. The van der Waals surface area contributed by atoms with Gasteiger partial charge in [0.25, 0.3) is 0 Å². The zero-order valence-corrected chi connectivity index (χ0v) is 22.7. The molecule has 6 nitrogen and oxygen atoms in total. The van der Waals surface area contributed by atoms with Gasteiger partial charge < -0.3 is 20.3 Å². The van der Waals surface area contributed by atoms with Crippen LogP contribution in [-0.2, 0) is 35.2 Å². The number of nitrogens with zero attached hydrogens (tertiary/aromatic N) is 1. The molecule has 3 aromatic rings. The smallest absolute Gasteiger partial charge is 0.416 e. The second-order valence-corrected chi connectivity index (χ2v) is 10.1. The lowest BCUT2D eigenvalue weighted by molar-refractivity contribution is -0.137. The van der Waals surface area contributed by atoms with Crippen LogP contribution >= 0.6 is 0 Å². The summed E-state index contributed by atoms with van der Waals surface area (Å²) in [7, 11) is 0. The van der Waals surface area contributed by atoms with Gasteiger partial charge in [0, 0.05) is 51.1 Å². The summed E-state index contributed by atoms with van der Waals surface area (Å²) in [6, 6.07) is 19.0. The third-order valence-electron chi connectivity index (χ3n) is 6.95. The molecule has 1 fully saturated rings. The van der Waals surface area contributed by atoms with Gasteiger partial charge in [0.1, 0.15) is 11.5 Å². The van der Waals surface area contributed by atoms with Crippen molar-refractivity contribution in [3.63, 3.8) is 0 Å². The number of carbonyl (C=O) groups excluding carboxylic acids is 2. The molecule has 2 amide bonds. The van der Waals surface area contributed by atoms with Crippen LogP contribution in [0, 0.1) is 6.92 Å². The zero-order chi connectivity index (χ0) is 28.7. The second kappa shape index (κ2) is 13.0. The predicted octanol–water partition coefficient (Wildman–Crippen LogP) is 5.42. The van der Waals surface area contributed by atoms with E-state index in [1.165, 1.54) is 18.6 Å². The van der Waals surface area contributed by atoms with Crippen LogP contribution in [0.5, 0.6) is 11.5 Å². The topological polar surface area (TPSA) is 70.7 Å². The van der Waals surface area contributed by atoms with Gasteiger partial charge in [-0.05, 0) is 60.7 Å². The number of carbonyl (C=O) groups is 2. The maximum absolute atomic E-state index is 13.4. The molecule has 0 aliphatic carbocycles. The van der Waals surface area contributed by atoms with Gasteiger partial charge in [-0.2, -0.15) is 13.2 Å². The molecule has 2 N–H and O–H groups in total. The fourth-order valence-corrected chi connectivity index (χ4v) is 4.84. The van der Waals surface area contributed by atoms with Crippen LogP contribution in [0.1, 0.15) is 41.2 Å². The van der Waals surface area contributed by atoms with E-state index in [1.54, 1.807) is 0 Å². The van der Waals surface area contributed by atoms with E-state index in [-0.39, 0.29) is 42.1 Å². The Morgan fingerprint density at radius 1 is 1.02 bits per heavy atom. The quantitative estimate of drug-likeness (QED) is 0.372. The van der Waals surface area contributed by atoms with Crippen molar-refractivity contribution >= 4 is 11.8 Å². The highest BCUT2D eigenvalue weighted by Crippen LogP contribution is 2.35. The molecule has 0 radical (unpaired) electrons. The maximum Gasteiger partial charge on any atom is 0.416 e. The standard InChI is InChI=1S/C31H34F3N3O3/c1-21-8-9-24(10-13-30(39)37-15-14-35-20-27(37)17-23-6-4-3-5-7-23)29(16-21)40-28-12-11-26(31(32,33)34)18-25(28)19-36-22(2)38/h3-9,11-12,16,18,27,35H,10,13-15,17,19-20H2,1-2H3,(H,36,38). The Morgan fingerprint density at radius 2 is 1.80 bits per heavy atom. The van der Waals surface area contributed by atoms with Crippen LogP contribution < -0.4 is 15.4 Å². The van der Waals surface area contributed by atoms with Gasteiger partial charge in [0.2, 0.25) is 11.8 Å². The number of hydrogen-bond acceptors (Lipinski definition) is 4. The number of piperazine rings is 1.